The Morgan fingerprint density at radius 2 is 2.33 bits per heavy atom. The van der Waals surface area contributed by atoms with E-state index in [9.17, 15) is 14.7 Å². The third-order valence-electron chi connectivity index (χ3n) is 4.10. The summed E-state index contributed by atoms with van der Waals surface area (Å²) in [5.41, 5.74) is -0.867. The molecule has 2 unspecified atom stereocenters. The van der Waals surface area contributed by atoms with Gasteiger partial charge in [0.25, 0.3) is 0 Å². The fraction of sp³-hybridized carbons (Fsp3) is 0.643. The summed E-state index contributed by atoms with van der Waals surface area (Å²) in [5.74, 6) is -0.849. The van der Waals surface area contributed by atoms with Gasteiger partial charge in [0, 0.05) is 17.1 Å². The molecule has 2 rings (SSSR count). The van der Waals surface area contributed by atoms with Crippen LogP contribution >= 0.6 is 11.3 Å². The van der Waals surface area contributed by atoms with Crippen molar-refractivity contribution in [2.45, 2.75) is 52.1 Å². The van der Waals surface area contributed by atoms with E-state index in [1.54, 1.807) is 18.3 Å². The molecule has 116 valence electrons. The summed E-state index contributed by atoms with van der Waals surface area (Å²) in [6.45, 7) is 4.12. The molecule has 1 heterocycles. The molecule has 0 bridgehead atoms. The Morgan fingerprint density at radius 3 is 2.95 bits per heavy atom. The fourth-order valence-electron chi connectivity index (χ4n) is 2.61. The van der Waals surface area contributed by atoms with Crippen molar-refractivity contribution in [1.29, 1.82) is 0 Å². The van der Waals surface area contributed by atoms with Crippen molar-refractivity contribution in [2.75, 3.05) is 0 Å². The minimum Gasteiger partial charge on any atom is -0.481 e. The van der Waals surface area contributed by atoms with E-state index in [2.05, 4.69) is 22.5 Å². The number of nitrogens with one attached hydrogen (secondary N) is 2. The number of nitrogens with zero attached hydrogens (tertiary/aromatic N) is 1. The third kappa shape index (κ3) is 3.53. The second-order valence-electron chi connectivity index (χ2n) is 5.57. The quantitative estimate of drug-likeness (QED) is 0.777. The third-order valence-corrected chi connectivity index (χ3v) is 5.24. The van der Waals surface area contributed by atoms with Crippen LogP contribution in [-0.2, 0) is 17.8 Å². The minimum absolute atomic E-state index is 0.322. The van der Waals surface area contributed by atoms with Gasteiger partial charge in [0.05, 0.1) is 12.0 Å². The van der Waals surface area contributed by atoms with Crippen molar-refractivity contribution < 1.29 is 14.7 Å². The highest BCUT2D eigenvalue weighted by molar-refractivity contribution is 7.11. The Kier molecular flexibility index (Phi) is 4.82. The van der Waals surface area contributed by atoms with E-state index in [1.807, 2.05) is 6.20 Å². The first-order valence-electron chi connectivity index (χ1n) is 7.17. The van der Waals surface area contributed by atoms with Crippen LogP contribution in [0, 0.1) is 5.41 Å². The van der Waals surface area contributed by atoms with Crippen LogP contribution in [0.25, 0.3) is 0 Å². The second-order valence-corrected chi connectivity index (χ2v) is 6.77. The first-order valence-corrected chi connectivity index (χ1v) is 7.98. The van der Waals surface area contributed by atoms with Crippen molar-refractivity contribution in [2.24, 2.45) is 5.41 Å². The zero-order chi connectivity index (χ0) is 15.5. The van der Waals surface area contributed by atoms with Gasteiger partial charge in [0.1, 0.15) is 5.01 Å². The molecule has 1 aromatic heterocycles. The molecule has 1 aliphatic carbocycles. The Labute approximate surface area is 128 Å². The van der Waals surface area contributed by atoms with Crippen molar-refractivity contribution >= 4 is 23.3 Å². The van der Waals surface area contributed by atoms with Crippen LogP contribution in [0.15, 0.2) is 6.20 Å². The fourth-order valence-corrected chi connectivity index (χ4v) is 3.41. The van der Waals surface area contributed by atoms with E-state index in [0.717, 1.165) is 17.8 Å². The Balaban J connectivity index is 1.85. The summed E-state index contributed by atoms with van der Waals surface area (Å²) in [5, 5.41) is 15.7. The predicted octanol–water partition coefficient (Wildman–Crippen LogP) is 2.15. The summed E-state index contributed by atoms with van der Waals surface area (Å²) >= 11 is 1.57. The highest BCUT2D eigenvalue weighted by Crippen LogP contribution is 2.38. The highest BCUT2D eigenvalue weighted by Gasteiger charge is 2.45. The van der Waals surface area contributed by atoms with Gasteiger partial charge in [-0.2, -0.15) is 0 Å². The molecule has 1 aromatic rings. The molecule has 0 saturated heterocycles. The zero-order valence-corrected chi connectivity index (χ0v) is 13.1. The lowest BCUT2D eigenvalue weighted by Gasteiger charge is -2.27. The number of rotatable bonds is 5. The van der Waals surface area contributed by atoms with Gasteiger partial charge in [-0.25, -0.2) is 9.78 Å². The molecule has 7 heteroatoms. The lowest BCUT2D eigenvalue weighted by Crippen LogP contribution is -2.50. The largest absolute Gasteiger partial charge is 0.481 e. The molecular formula is C14H21N3O3S. The van der Waals surface area contributed by atoms with Crippen LogP contribution in [0.5, 0.6) is 0 Å². The number of aliphatic carboxylic acids is 1. The Bertz CT molecular complexity index is 531. The second kappa shape index (κ2) is 6.43. The standard InChI is InChI=1S/C14H21N3O3S/c1-3-9-7-15-11(21-9)8-16-13(20)17-10-5-4-6-14(10,2)12(18)19/h7,10H,3-6,8H2,1-2H3,(H,18,19)(H2,16,17,20). The number of aryl methyl sites for hydroxylation is 1. The molecule has 1 saturated carbocycles. The summed E-state index contributed by atoms with van der Waals surface area (Å²) < 4.78 is 0. The molecule has 2 atom stereocenters. The minimum atomic E-state index is -0.867. The molecule has 1 fully saturated rings. The Hall–Kier alpha value is -1.63. The maximum atomic E-state index is 11.9. The van der Waals surface area contributed by atoms with Crippen LogP contribution in [-0.4, -0.2) is 28.1 Å². The lowest BCUT2D eigenvalue weighted by molar-refractivity contribution is -0.148. The maximum absolute atomic E-state index is 11.9. The van der Waals surface area contributed by atoms with Gasteiger partial charge in [-0.1, -0.05) is 13.3 Å². The monoisotopic (exact) mass is 311 g/mol. The number of carbonyl (C=O) groups excluding carboxylic acids is 1. The number of carbonyl (C=O) groups is 2. The predicted molar refractivity (Wildman–Crippen MR) is 80.2 cm³/mol. The normalized spacial score (nSPS) is 24.8. The molecule has 6 nitrogen and oxygen atoms in total. The summed E-state index contributed by atoms with van der Waals surface area (Å²) in [6, 6.07) is -0.653. The van der Waals surface area contributed by atoms with Crippen molar-refractivity contribution in [3.8, 4) is 0 Å². The van der Waals surface area contributed by atoms with Gasteiger partial charge < -0.3 is 15.7 Å². The van der Waals surface area contributed by atoms with Crippen LogP contribution in [0.4, 0.5) is 4.79 Å². The van der Waals surface area contributed by atoms with Gasteiger partial charge in [-0.05, 0) is 26.2 Å². The summed E-state index contributed by atoms with van der Waals surface area (Å²) in [4.78, 5) is 28.7. The number of hydrogen-bond acceptors (Lipinski definition) is 4. The smallest absolute Gasteiger partial charge is 0.315 e. The van der Waals surface area contributed by atoms with Gasteiger partial charge in [0.2, 0.25) is 0 Å². The number of amides is 2. The van der Waals surface area contributed by atoms with Gasteiger partial charge in [-0.3, -0.25) is 4.79 Å². The lowest BCUT2D eigenvalue weighted by atomic mass is 9.85. The average Bonchev–Trinajstić information content (AvgIpc) is 3.05. The summed E-state index contributed by atoms with van der Waals surface area (Å²) in [7, 11) is 0. The molecule has 0 radical (unpaired) electrons. The van der Waals surface area contributed by atoms with Crippen molar-refractivity contribution in [3.63, 3.8) is 0 Å². The first-order chi connectivity index (χ1) is 9.95. The number of urea groups is 1. The van der Waals surface area contributed by atoms with Gasteiger partial charge in [-0.15, -0.1) is 11.3 Å². The summed E-state index contributed by atoms with van der Waals surface area (Å²) in [6.07, 6.45) is 4.87. The molecule has 0 aromatic carbocycles. The SMILES string of the molecule is CCc1cnc(CNC(=O)NC2CCCC2(C)C(=O)O)s1. The molecule has 2 amide bonds. The number of carboxylic acid groups (broad SMARTS) is 1. The molecule has 21 heavy (non-hydrogen) atoms. The molecular weight excluding hydrogens is 290 g/mol. The molecule has 0 spiro atoms. The number of aromatic nitrogens is 1. The van der Waals surface area contributed by atoms with Crippen LogP contribution in [0.2, 0.25) is 0 Å². The number of hydrogen-bond donors (Lipinski definition) is 3. The van der Waals surface area contributed by atoms with Gasteiger partial charge >= 0.3 is 12.0 Å². The zero-order valence-electron chi connectivity index (χ0n) is 12.3. The maximum Gasteiger partial charge on any atom is 0.315 e. The first kappa shape index (κ1) is 15.8. The topological polar surface area (TPSA) is 91.3 Å². The van der Waals surface area contributed by atoms with Crippen LogP contribution < -0.4 is 10.6 Å². The van der Waals surface area contributed by atoms with Crippen molar-refractivity contribution in [3.05, 3.63) is 16.1 Å². The van der Waals surface area contributed by atoms with Crippen LogP contribution in [0.1, 0.15) is 43.0 Å². The molecule has 1 aliphatic rings. The Morgan fingerprint density at radius 1 is 1.57 bits per heavy atom. The highest BCUT2D eigenvalue weighted by atomic mass is 32.1. The van der Waals surface area contributed by atoms with E-state index in [-0.39, 0.29) is 12.1 Å². The molecule has 3 N–H and O–H groups in total. The van der Waals surface area contributed by atoms with Gasteiger partial charge in [0.15, 0.2) is 0 Å². The van der Waals surface area contributed by atoms with E-state index >= 15 is 0 Å². The van der Waals surface area contributed by atoms with Crippen molar-refractivity contribution in [1.82, 2.24) is 15.6 Å². The number of thiazole rings is 1. The average molecular weight is 311 g/mol. The van der Waals surface area contributed by atoms with Crippen LogP contribution in [0.3, 0.4) is 0 Å². The van der Waals surface area contributed by atoms with E-state index in [1.165, 1.54) is 4.88 Å². The van der Waals surface area contributed by atoms with E-state index < -0.39 is 11.4 Å². The molecule has 0 aliphatic heterocycles. The van der Waals surface area contributed by atoms with E-state index in [0.29, 0.717) is 19.4 Å². The number of carboxylic acids is 1. The van der Waals surface area contributed by atoms with E-state index in [4.69, 9.17) is 0 Å².